The van der Waals surface area contributed by atoms with Gasteiger partial charge >= 0.3 is 6.18 Å². The van der Waals surface area contributed by atoms with Crippen molar-refractivity contribution in [2.45, 2.75) is 19.0 Å². The van der Waals surface area contributed by atoms with Crippen LogP contribution < -0.4 is 10.1 Å². The van der Waals surface area contributed by atoms with Gasteiger partial charge in [-0.1, -0.05) is 12.1 Å². The number of methoxy groups -OCH3 is 1. The Kier molecular flexibility index (Phi) is 5.02. The Bertz CT molecular complexity index is 638. The van der Waals surface area contributed by atoms with E-state index in [2.05, 4.69) is 10.3 Å². The lowest BCUT2D eigenvalue weighted by Crippen LogP contribution is -2.13. The average Bonchev–Trinajstić information content (AvgIpc) is 2.94. The van der Waals surface area contributed by atoms with Crippen LogP contribution in [0.25, 0.3) is 0 Å². The maximum atomic E-state index is 12.4. The number of carbonyl (C=O) groups excluding carboxylic acids is 1. The van der Waals surface area contributed by atoms with Crippen LogP contribution in [0.1, 0.15) is 17.7 Å². The number of carbonyl (C=O) groups is 1. The van der Waals surface area contributed by atoms with E-state index in [0.29, 0.717) is 6.42 Å². The molecule has 0 spiro atoms. The Morgan fingerprint density at radius 1 is 1.32 bits per heavy atom. The van der Waals surface area contributed by atoms with Crippen molar-refractivity contribution in [2.75, 3.05) is 12.4 Å². The molecule has 1 amide bonds. The standard InChI is InChI=1S/C14H13F3N2O2S/c1-21-10-5-2-9(3-6-10)4-7-12(20)19-13-18-11(8-22-13)14(15,16)17/h2-3,5-6,8H,4,7H2,1H3,(H,18,19,20). The normalized spacial score (nSPS) is 11.3. The van der Waals surface area contributed by atoms with Gasteiger partial charge in [0.15, 0.2) is 10.8 Å². The second-order valence-electron chi connectivity index (χ2n) is 4.43. The van der Waals surface area contributed by atoms with Crippen molar-refractivity contribution in [2.24, 2.45) is 0 Å². The third kappa shape index (κ3) is 4.45. The minimum atomic E-state index is -4.50. The first-order chi connectivity index (χ1) is 10.4. The van der Waals surface area contributed by atoms with Gasteiger partial charge in [0.25, 0.3) is 0 Å². The molecule has 0 aliphatic heterocycles. The summed E-state index contributed by atoms with van der Waals surface area (Å²) in [6.07, 6.45) is -3.86. The number of aromatic nitrogens is 1. The molecule has 0 aliphatic rings. The van der Waals surface area contributed by atoms with Crippen LogP contribution in [0.5, 0.6) is 5.75 Å². The van der Waals surface area contributed by atoms with Gasteiger partial charge in [-0.3, -0.25) is 4.79 Å². The molecule has 0 fully saturated rings. The molecule has 4 nitrogen and oxygen atoms in total. The van der Waals surface area contributed by atoms with Gasteiger partial charge in [0.2, 0.25) is 5.91 Å². The highest BCUT2D eigenvalue weighted by Gasteiger charge is 2.33. The number of hydrogen-bond donors (Lipinski definition) is 1. The van der Waals surface area contributed by atoms with Crippen molar-refractivity contribution in [3.05, 3.63) is 40.9 Å². The van der Waals surface area contributed by atoms with Crippen LogP contribution in [0.3, 0.4) is 0 Å². The minimum absolute atomic E-state index is 0.0490. The molecule has 2 aromatic rings. The van der Waals surface area contributed by atoms with Gasteiger partial charge < -0.3 is 10.1 Å². The van der Waals surface area contributed by atoms with Crippen LogP contribution in [-0.2, 0) is 17.4 Å². The Balaban J connectivity index is 1.86. The number of rotatable bonds is 5. The lowest BCUT2D eigenvalue weighted by atomic mass is 10.1. The highest BCUT2D eigenvalue weighted by molar-refractivity contribution is 7.13. The Labute approximate surface area is 128 Å². The number of nitrogens with zero attached hydrogens (tertiary/aromatic N) is 1. The molecule has 1 N–H and O–H groups in total. The number of alkyl halides is 3. The second kappa shape index (κ2) is 6.78. The molecule has 0 atom stereocenters. The quantitative estimate of drug-likeness (QED) is 0.908. The third-order valence-electron chi connectivity index (χ3n) is 2.84. The fourth-order valence-electron chi connectivity index (χ4n) is 1.69. The Morgan fingerprint density at radius 3 is 2.55 bits per heavy atom. The summed E-state index contributed by atoms with van der Waals surface area (Å²) >= 11 is 0.752. The van der Waals surface area contributed by atoms with E-state index in [-0.39, 0.29) is 17.5 Å². The summed E-state index contributed by atoms with van der Waals surface area (Å²) in [6.45, 7) is 0. The van der Waals surface area contributed by atoms with Gasteiger partial charge in [-0.2, -0.15) is 13.2 Å². The first-order valence-corrected chi connectivity index (χ1v) is 7.22. The molecule has 1 heterocycles. The van der Waals surface area contributed by atoms with Crippen LogP contribution in [0.2, 0.25) is 0 Å². The van der Waals surface area contributed by atoms with Gasteiger partial charge in [0.1, 0.15) is 5.75 Å². The molecule has 0 aliphatic carbocycles. The third-order valence-corrected chi connectivity index (χ3v) is 3.60. The van der Waals surface area contributed by atoms with E-state index in [4.69, 9.17) is 4.74 Å². The van der Waals surface area contributed by atoms with Crippen molar-refractivity contribution in [1.82, 2.24) is 4.98 Å². The SMILES string of the molecule is COc1ccc(CCC(=O)Nc2nc(C(F)(F)F)cs2)cc1. The second-order valence-corrected chi connectivity index (χ2v) is 5.29. The van der Waals surface area contributed by atoms with Crippen molar-refractivity contribution < 1.29 is 22.7 Å². The van der Waals surface area contributed by atoms with Crippen LogP contribution in [0.4, 0.5) is 18.3 Å². The van der Waals surface area contributed by atoms with Crippen LogP contribution in [-0.4, -0.2) is 18.0 Å². The largest absolute Gasteiger partial charge is 0.497 e. The number of nitrogens with one attached hydrogen (secondary N) is 1. The highest BCUT2D eigenvalue weighted by Crippen LogP contribution is 2.31. The topological polar surface area (TPSA) is 51.2 Å². The lowest BCUT2D eigenvalue weighted by Gasteiger charge is -2.04. The maximum absolute atomic E-state index is 12.4. The predicted molar refractivity (Wildman–Crippen MR) is 77.1 cm³/mol. The number of anilines is 1. The molecule has 0 bridgehead atoms. The molecule has 0 radical (unpaired) electrons. The van der Waals surface area contributed by atoms with Crippen molar-refractivity contribution in [3.8, 4) is 5.75 Å². The number of amides is 1. The minimum Gasteiger partial charge on any atom is -0.497 e. The average molecular weight is 330 g/mol. The van der Waals surface area contributed by atoms with Gasteiger partial charge in [0.05, 0.1) is 7.11 Å². The fraction of sp³-hybridized carbons (Fsp3) is 0.286. The van der Waals surface area contributed by atoms with Crippen molar-refractivity contribution in [3.63, 3.8) is 0 Å². The van der Waals surface area contributed by atoms with E-state index in [1.165, 1.54) is 0 Å². The smallest absolute Gasteiger partial charge is 0.434 e. The van der Waals surface area contributed by atoms with E-state index < -0.39 is 11.9 Å². The Hall–Kier alpha value is -2.09. The Morgan fingerprint density at radius 2 is 2.00 bits per heavy atom. The van der Waals surface area contributed by atoms with Crippen LogP contribution in [0, 0.1) is 0 Å². The van der Waals surface area contributed by atoms with E-state index in [9.17, 15) is 18.0 Å². The summed E-state index contributed by atoms with van der Waals surface area (Å²) < 4.78 is 42.2. The summed E-state index contributed by atoms with van der Waals surface area (Å²) in [5.41, 5.74) is -0.0611. The van der Waals surface area contributed by atoms with Crippen molar-refractivity contribution >= 4 is 22.4 Å². The molecule has 1 aromatic heterocycles. The van der Waals surface area contributed by atoms with E-state index in [1.807, 2.05) is 12.1 Å². The van der Waals surface area contributed by atoms with E-state index in [1.54, 1.807) is 19.2 Å². The van der Waals surface area contributed by atoms with Gasteiger partial charge in [0, 0.05) is 11.8 Å². The number of ether oxygens (including phenoxy) is 1. The molecule has 2 rings (SSSR count). The van der Waals surface area contributed by atoms with Gasteiger partial charge in [-0.25, -0.2) is 4.98 Å². The molecule has 22 heavy (non-hydrogen) atoms. The molecule has 0 saturated heterocycles. The van der Waals surface area contributed by atoms with Crippen LogP contribution >= 0.6 is 11.3 Å². The van der Waals surface area contributed by atoms with Crippen molar-refractivity contribution in [1.29, 1.82) is 0 Å². The summed E-state index contributed by atoms with van der Waals surface area (Å²) in [4.78, 5) is 15.1. The zero-order valence-corrected chi connectivity index (χ0v) is 12.4. The molecule has 8 heteroatoms. The number of aryl methyl sites for hydroxylation is 1. The molecule has 0 unspecified atom stereocenters. The zero-order chi connectivity index (χ0) is 16.2. The molecule has 1 aromatic carbocycles. The molecule has 118 valence electrons. The van der Waals surface area contributed by atoms with Gasteiger partial charge in [-0.05, 0) is 24.1 Å². The number of thiazole rings is 1. The summed E-state index contributed by atoms with van der Waals surface area (Å²) in [6, 6.07) is 7.22. The molecular weight excluding hydrogens is 317 g/mol. The number of halogens is 3. The maximum Gasteiger partial charge on any atom is 0.434 e. The lowest BCUT2D eigenvalue weighted by molar-refractivity contribution is -0.140. The molecular formula is C14H13F3N2O2S. The monoisotopic (exact) mass is 330 g/mol. The molecule has 0 saturated carbocycles. The van der Waals surface area contributed by atoms with E-state index >= 15 is 0 Å². The highest BCUT2D eigenvalue weighted by atomic mass is 32.1. The summed E-state index contributed by atoms with van der Waals surface area (Å²) in [5.74, 6) is 0.342. The zero-order valence-electron chi connectivity index (χ0n) is 11.6. The summed E-state index contributed by atoms with van der Waals surface area (Å²) in [5, 5.41) is 3.20. The predicted octanol–water partition coefficient (Wildman–Crippen LogP) is 3.74. The van der Waals surface area contributed by atoms with E-state index in [0.717, 1.165) is 28.0 Å². The number of hydrogen-bond acceptors (Lipinski definition) is 4. The van der Waals surface area contributed by atoms with Gasteiger partial charge in [-0.15, -0.1) is 11.3 Å². The first-order valence-electron chi connectivity index (χ1n) is 6.34. The number of benzene rings is 1. The fourth-order valence-corrected chi connectivity index (χ4v) is 2.43. The summed E-state index contributed by atoms with van der Waals surface area (Å²) in [7, 11) is 1.56. The first kappa shape index (κ1) is 16.3. The van der Waals surface area contributed by atoms with Crippen LogP contribution in [0.15, 0.2) is 29.6 Å².